The van der Waals surface area contributed by atoms with Crippen LogP contribution in [0, 0.1) is 14.9 Å². The number of likely N-dealkylation sites (N-methyl/N-ethyl adjacent to an activating group) is 1. The molecule has 6 heteroatoms. The van der Waals surface area contributed by atoms with E-state index in [1.54, 1.807) is 31.2 Å². The van der Waals surface area contributed by atoms with Crippen LogP contribution in [0.3, 0.4) is 0 Å². The van der Waals surface area contributed by atoms with Gasteiger partial charge >= 0.3 is 0 Å². The van der Waals surface area contributed by atoms with E-state index in [2.05, 4.69) is 33.7 Å². The second-order valence-corrected chi connectivity index (χ2v) is 6.48. The third kappa shape index (κ3) is 2.87. The van der Waals surface area contributed by atoms with E-state index in [0.717, 1.165) is 20.4 Å². The molecule has 2 aromatic carbocycles. The number of ether oxygens (including phenoxy) is 1. The van der Waals surface area contributed by atoms with Crippen molar-refractivity contribution in [3.8, 4) is 11.8 Å². The lowest BCUT2D eigenvalue weighted by atomic mass is 9.98. The van der Waals surface area contributed by atoms with Crippen molar-refractivity contribution in [3.63, 3.8) is 0 Å². The SMILES string of the molecule is COc1cc2c(cc1I)C(c1cccc(C#N)c1)=NCC(=O)N2C. The summed E-state index contributed by atoms with van der Waals surface area (Å²) in [5, 5.41) is 9.14. The molecule has 2 aromatic rings. The summed E-state index contributed by atoms with van der Waals surface area (Å²) in [4.78, 5) is 18.4. The summed E-state index contributed by atoms with van der Waals surface area (Å²) in [6, 6.07) is 13.2. The number of nitrogens with zero attached hydrogens (tertiary/aromatic N) is 3. The van der Waals surface area contributed by atoms with Crippen LogP contribution in [0.25, 0.3) is 0 Å². The maximum absolute atomic E-state index is 12.3. The number of benzene rings is 2. The molecule has 0 aliphatic carbocycles. The van der Waals surface area contributed by atoms with E-state index in [0.29, 0.717) is 17.0 Å². The molecule has 1 aliphatic rings. The highest BCUT2D eigenvalue weighted by atomic mass is 127. The van der Waals surface area contributed by atoms with Crippen molar-refractivity contribution in [3.05, 3.63) is 56.7 Å². The summed E-state index contributed by atoms with van der Waals surface area (Å²) in [5.74, 6) is 0.618. The van der Waals surface area contributed by atoms with E-state index < -0.39 is 0 Å². The number of rotatable bonds is 2. The summed E-state index contributed by atoms with van der Waals surface area (Å²) < 4.78 is 6.32. The van der Waals surface area contributed by atoms with Crippen LogP contribution in [0.1, 0.15) is 16.7 Å². The van der Waals surface area contributed by atoms with Gasteiger partial charge in [-0.3, -0.25) is 9.79 Å². The van der Waals surface area contributed by atoms with Crippen LogP contribution in [-0.4, -0.2) is 32.3 Å². The number of benzodiazepines with no additional fused rings is 1. The zero-order valence-electron chi connectivity index (χ0n) is 13.2. The molecule has 120 valence electrons. The van der Waals surface area contributed by atoms with Gasteiger partial charge in [0.2, 0.25) is 5.91 Å². The first-order valence-electron chi connectivity index (χ1n) is 7.24. The van der Waals surface area contributed by atoms with Gasteiger partial charge in [-0.15, -0.1) is 0 Å². The second-order valence-electron chi connectivity index (χ2n) is 5.31. The summed E-state index contributed by atoms with van der Waals surface area (Å²) in [6.45, 7) is 0.0657. The lowest BCUT2D eigenvalue weighted by molar-refractivity contribution is -0.116. The van der Waals surface area contributed by atoms with Crippen LogP contribution in [-0.2, 0) is 4.79 Å². The van der Waals surface area contributed by atoms with Crippen molar-refractivity contribution >= 4 is 39.9 Å². The van der Waals surface area contributed by atoms with Gasteiger partial charge in [0.25, 0.3) is 0 Å². The summed E-state index contributed by atoms with van der Waals surface area (Å²) in [6.07, 6.45) is 0. The zero-order valence-corrected chi connectivity index (χ0v) is 15.4. The van der Waals surface area contributed by atoms with E-state index in [4.69, 9.17) is 10.00 Å². The monoisotopic (exact) mass is 431 g/mol. The van der Waals surface area contributed by atoms with Gasteiger partial charge in [0.1, 0.15) is 12.3 Å². The predicted molar refractivity (Wildman–Crippen MR) is 101 cm³/mol. The van der Waals surface area contributed by atoms with Crippen molar-refractivity contribution in [2.24, 2.45) is 4.99 Å². The topological polar surface area (TPSA) is 65.7 Å². The molecule has 1 amide bonds. The molecule has 0 N–H and O–H groups in total. The van der Waals surface area contributed by atoms with E-state index in [1.807, 2.05) is 24.3 Å². The van der Waals surface area contributed by atoms with E-state index in [1.165, 1.54) is 0 Å². The molecule has 0 aromatic heterocycles. The van der Waals surface area contributed by atoms with Gasteiger partial charge < -0.3 is 9.64 Å². The third-order valence-electron chi connectivity index (χ3n) is 3.90. The Morgan fingerprint density at radius 2 is 2.12 bits per heavy atom. The molecule has 0 radical (unpaired) electrons. The number of hydrogen-bond donors (Lipinski definition) is 0. The normalized spacial score (nSPS) is 13.7. The molecule has 0 atom stereocenters. The average molecular weight is 431 g/mol. The van der Waals surface area contributed by atoms with Gasteiger partial charge in [0.15, 0.2) is 0 Å². The van der Waals surface area contributed by atoms with Gasteiger partial charge in [-0.1, -0.05) is 12.1 Å². The summed E-state index contributed by atoms with van der Waals surface area (Å²) >= 11 is 2.20. The molecule has 0 unspecified atom stereocenters. The Hall–Kier alpha value is -2.40. The van der Waals surface area contributed by atoms with E-state index in [-0.39, 0.29) is 12.5 Å². The Morgan fingerprint density at radius 1 is 1.33 bits per heavy atom. The Kier molecular flexibility index (Phi) is 4.53. The minimum Gasteiger partial charge on any atom is -0.496 e. The number of anilines is 1. The molecular formula is C18H14IN3O2. The Bertz CT molecular complexity index is 900. The number of fused-ring (bicyclic) bond motifs is 1. The zero-order chi connectivity index (χ0) is 17.3. The predicted octanol–water partition coefficient (Wildman–Crippen LogP) is 2.99. The lowest BCUT2D eigenvalue weighted by Gasteiger charge is -2.19. The van der Waals surface area contributed by atoms with Crippen molar-refractivity contribution in [2.45, 2.75) is 0 Å². The first kappa shape index (κ1) is 16.5. The maximum Gasteiger partial charge on any atom is 0.248 e. The molecule has 1 heterocycles. The minimum atomic E-state index is -0.0917. The fourth-order valence-electron chi connectivity index (χ4n) is 2.62. The number of aliphatic imine (C=N–C) groups is 1. The number of nitriles is 1. The van der Waals surface area contributed by atoms with Gasteiger partial charge in [-0.25, -0.2) is 0 Å². The highest BCUT2D eigenvalue weighted by Gasteiger charge is 2.24. The molecule has 0 spiro atoms. The minimum absolute atomic E-state index is 0.0657. The largest absolute Gasteiger partial charge is 0.496 e. The first-order chi connectivity index (χ1) is 11.5. The van der Waals surface area contributed by atoms with Crippen molar-refractivity contribution in [2.75, 3.05) is 25.6 Å². The average Bonchev–Trinajstić information content (AvgIpc) is 2.72. The Labute approximate surface area is 153 Å². The molecule has 24 heavy (non-hydrogen) atoms. The number of hydrogen-bond acceptors (Lipinski definition) is 4. The first-order valence-corrected chi connectivity index (χ1v) is 8.32. The Balaban J connectivity index is 2.25. The van der Waals surface area contributed by atoms with Crippen molar-refractivity contribution < 1.29 is 9.53 Å². The number of halogens is 1. The number of amides is 1. The fraction of sp³-hybridized carbons (Fsp3) is 0.167. The molecular weight excluding hydrogens is 417 g/mol. The number of carbonyl (C=O) groups is 1. The molecule has 3 rings (SSSR count). The quantitative estimate of drug-likeness (QED) is 0.687. The maximum atomic E-state index is 12.3. The van der Waals surface area contributed by atoms with Crippen LogP contribution >= 0.6 is 22.6 Å². The third-order valence-corrected chi connectivity index (χ3v) is 4.74. The summed E-state index contributed by atoms with van der Waals surface area (Å²) in [5.41, 5.74) is 3.68. The van der Waals surface area contributed by atoms with Crippen LogP contribution in [0.4, 0.5) is 5.69 Å². The van der Waals surface area contributed by atoms with E-state index >= 15 is 0 Å². The van der Waals surface area contributed by atoms with Crippen molar-refractivity contribution in [1.82, 2.24) is 0 Å². The number of carbonyl (C=O) groups excluding carboxylic acids is 1. The van der Waals surface area contributed by atoms with Gasteiger partial charge in [0, 0.05) is 24.2 Å². The fourth-order valence-corrected chi connectivity index (χ4v) is 3.31. The molecule has 0 saturated carbocycles. The molecule has 0 fully saturated rings. The number of methoxy groups -OCH3 is 1. The highest BCUT2D eigenvalue weighted by Crippen LogP contribution is 2.33. The van der Waals surface area contributed by atoms with Crippen LogP contribution in [0.15, 0.2) is 41.4 Å². The molecule has 0 bridgehead atoms. The summed E-state index contributed by atoms with van der Waals surface area (Å²) in [7, 11) is 3.34. The van der Waals surface area contributed by atoms with Gasteiger partial charge in [-0.2, -0.15) is 5.26 Å². The van der Waals surface area contributed by atoms with Crippen LogP contribution < -0.4 is 9.64 Å². The Morgan fingerprint density at radius 3 is 2.83 bits per heavy atom. The van der Waals surface area contributed by atoms with Crippen LogP contribution in [0.5, 0.6) is 5.75 Å². The smallest absolute Gasteiger partial charge is 0.248 e. The highest BCUT2D eigenvalue weighted by molar-refractivity contribution is 14.1. The lowest BCUT2D eigenvalue weighted by Crippen LogP contribution is -2.27. The van der Waals surface area contributed by atoms with Crippen molar-refractivity contribution in [1.29, 1.82) is 5.26 Å². The van der Waals surface area contributed by atoms with Gasteiger partial charge in [-0.05, 0) is 40.8 Å². The second kappa shape index (κ2) is 6.61. The van der Waals surface area contributed by atoms with E-state index in [9.17, 15) is 4.79 Å². The van der Waals surface area contributed by atoms with Crippen LogP contribution in [0.2, 0.25) is 0 Å². The van der Waals surface area contributed by atoms with Gasteiger partial charge in [0.05, 0.1) is 33.7 Å². The standard InChI is InChI=1S/C18H14IN3O2/c1-22-15-8-16(24-2)14(19)7-13(15)18(21-10-17(22)23)12-5-3-4-11(6-12)9-20/h3-8H,10H2,1-2H3. The molecule has 5 nitrogen and oxygen atoms in total. The molecule has 1 aliphatic heterocycles. The molecule has 0 saturated heterocycles.